The van der Waals surface area contributed by atoms with Crippen molar-refractivity contribution in [3.8, 4) is 0 Å². The van der Waals surface area contributed by atoms with Gasteiger partial charge in [0.05, 0.1) is 4.90 Å². The molecule has 2 N–H and O–H groups in total. The van der Waals surface area contributed by atoms with Crippen molar-refractivity contribution in [1.29, 1.82) is 0 Å². The predicted octanol–water partition coefficient (Wildman–Crippen LogP) is 3.11. The summed E-state index contributed by atoms with van der Waals surface area (Å²) in [6, 6.07) is 9.63. The number of benzene rings is 2. The van der Waals surface area contributed by atoms with E-state index in [0.29, 0.717) is 16.8 Å². The Bertz CT molecular complexity index is 821. The Balaban J connectivity index is 2.34. The standard InChI is InChI=1S/C16H17NO4S/c1-10-5-4-6-11(2)15(10)16(18)17-14-8-7-13(9-12(14)3)22(19,20)21/h4-9H,1-3H3,(H,17,18)(H,19,20,21). The molecule has 0 radical (unpaired) electrons. The molecule has 0 saturated carbocycles. The van der Waals surface area contributed by atoms with E-state index in [4.69, 9.17) is 4.55 Å². The number of carbonyl (C=O) groups excluding carboxylic acids is 1. The van der Waals surface area contributed by atoms with Gasteiger partial charge in [0.25, 0.3) is 16.0 Å². The van der Waals surface area contributed by atoms with Crippen LogP contribution < -0.4 is 5.32 Å². The van der Waals surface area contributed by atoms with E-state index < -0.39 is 10.1 Å². The van der Waals surface area contributed by atoms with Crippen LogP contribution in [0, 0.1) is 20.8 Å². The molecule has 0 unspecified atom stereocenters. The highest BCUT2D eigenvalue weighted by Gasteiger charge is 2.15. The Morgan fingerprint density at radius 2 is 1.59 bits per heavy atom. The van der Waals surface area contributed by atoms with Gasteiger partial charge in [-0.25, -0.2) is 0 Å². The van der Waals surface area contributed by atoms with Crippen molar-refractivity contribution in [1.82, 2.24) is 0 Å². The zero-order valence-corrected chi connectivity index (χ0v) is 13.4. The SMILES string of the molecule is Cc1cc(S(=O)(=O)O)ccc1NC(=O)c1c(C)cccc1C. The molecule has 0 spiro atoms. The summed E-state index contributed by atoms with van der Waals surface area (Å²) in [4.78, 5) is 12.2. The summed E-state index contributed by atoms with van der Waals surface area (Å²) in [6.45, 7) is 5.38. The molecule has 5 nitrogen and oxygen atoms in total. The van der Waals surface area contributed by atoms with E-state index in [-0.39, 0.29) is 10.8 Å². The van der Waals surface area contributed by atoms with Crippen LogP contribution in [0.25, 0.3) is 0 Å². The van der Waals surface area contributed by atoms with Crippen molar-refractivity contribution in [2.45, 2.75) is 25.7 Å². The smallest absolute Gasteiger partial charge is 0.294 e. The first-order chi connectivity index (χ1) is 10.2. The molecule has 6 heteroatoms. The summed E-state index contributed by atoms with van der Waals surface area (Å²) in [5.41, 5.74) is 3.38. The van der Waals surface area contributed by atoms with Gasteiger partial charge < -0.3 is 5.32 Å². The minimum atomic E-state index is -4.25. The zero-order chi connectivity index (χ0) is 16.5. The number of anilines is 1. The minimum absolute atomic E-state index is 0.199. The molecule has 0 aliphatic heterocycles. The molecule has 0 aliphatic rings. The summed E-state index contributed by atoms with van der Waals surface area (Å²) in [5, 5.41) is 2.77. The Hall–Kier alpha value is -2.18. The number of hydrogen-bond acceptors (Lipinski definition) is 3. The molecule has 2 aromatic rings. The van der Waals surface area contributed by atoms with Gasteiger partial charge in [-0.1, -0.05) is 18.2 Å². The topological polar surface area (TPSA) is 83.5 Å². The third kappa shape index (κ3) is 3.35. The van der Waals surface area contributed by atoms with E-state index >= 15 is 0 Å². The van der Waals surface area contributed by atoms with E-state index in [1.165, 1.54) is 18.2 Å². The molecule has 0 aromatic heterocycles. The third-order valence-corrected chi connectivity index (χ3v) is 4.30. The van der Waals surface area contributed by atoms with E-state index in [1.54, 1.807) is 6.92 Å². The first-order valence-corrected chi connectivity index (χ1v) is 8.10. The number of nitrogens with one attached hydrogen (secondary N) is 1. The summed E-state index contributed by atoms with van der Waals surface area (Å²) >= 11 is 0. The predicted molar refractivity (Wildman–Crippen MR) is 84.9 cm³/mol. The van der Waals surface area contributed by atoms with Crippen molar-refractivity contribution in [3.05, 3.63) is 58.7 Å². The van der Waals surface area contributed by atoms with Gasteiger partial charge in [-0.15, -0.1) is 0 Å². The summed E-state index contributed by atoms with van der Waals surface area (Å²) < 4.78 is 31.2. The van der Waals surface area contributed by atoms with E-state index in [9.17, 15) is 13.2 Å². The van der Waals surface area contributed by atoms with Gasteiger partial charge >= 0.3 is 0 Å². The molecule has 0 heterocycles. The Kier molecular flexibility index (Phi) is 4.35. The average Bonchev–Trinajstić information content (AvgIpc) is 2.39. The van der Waals surface area contributed by atoms with Gasteiger partial charge in [-0.05, 0) is 55.7 Å². The summed E-state index contributed by atoms with van der Waals surface area (Å²) in [7, 11) is -4.25. The molecule has 0 fully saturated rings. The molecule has 2 aromatic carbocycles. The second-order valence-electron chi connectivity index (χ2n) is 5.17. The van der Waals surface area contributed by atoms with E-state index in [2.05, 4.69) is 5.32 Å². The van der Waals surface area contributed by atoms with Crippen LogP contribution in [0.3, 0.4) is 0 Å². The fraction of sp³-hybridized carbons (Fsp3) is 0.188. The zero-order valence-electron chi connectivity index (χ0n) is 12.5. The number of rotatable bonds is 3. The fourth-order valence-electron chi connectivity index (χ4n) is 2.29. The highest BCUT2D eigenvalue weighted by molar-refractivity contribution is 7.85. The van der Waals surface area contributed by atoms with Gasteiger partial charge in [-0.3, -0.25) is 9.35 Å². The summed E-state index contributed by atoms with van der Waals surface area (Å²) in [5.74, 6) is -0.252. The van der Waals surface area contributed by atoms with Crippen LogP contribution in [0.2, 0.25) is 0 Å². The van der Waals surface area contributed by atoms with Crippen molar-refractivity contribution in [3.63, 3.8) is 0 Å². The second kappa shape index (κ2) is 5.90. The average molecular weight is 319 g/mol. The van der Waals surface area contributed by atoms with Crippen LogP contribution >= 0.6 is 0 Å². The molecule has 22 heavy (non-hydrogen) atoms. The van der Waals surface area contributed by atoms with Crippen molar-refractivity contribution in [2.24, 2.45) is 0 Å². The fourth-order valence-corrected chi connectivity index (χ4v) is 2.86. The van der Waals surface area contributed by atoms with Crippen LogP contribution in [-0.4, -0.2) is 18.9 Å². The van der Waals surface area contributed by atoms with Crippen molar-refractivity contribution in [2.75, 3.05) is 5.32 Å². The molecule has 1 amide bonds. The third-order valence-electron chi connectivity index (χ3n) is 3.45. The van der Waals surface area contributed by atoms with Gasteiger partial charge in [0.1, 0.15) is 0 Å². The molecule has 116 valence electrons. The number of hydrogen-bond donors (Lipinski definition) is 2. The van der Waals surface area contributed by atoms with E-state index in [1.807, 2.05) is 32.0 Å². The Labute approximate surface area is 129 Å². The monoisotopic (exact) mass is 319 g/mol. The molecular weight excluding hydrogens is 302 g/mol. The maximum absolute atomic E-state index is 12.4. The van der Waals surface area contributed by atoms with E-state index in [0.717, 1.165) is 11.1 Å². The van der Waals surface area contributed by atoms with Crippen LogP contribution in [0.4, 0.5) is 5.69 Å². The van der Waals surface area contributed by atoms with Gasteiger partial charge in [0.15, 0.2) is 0 Å². The van der Waals surface area contributed by atoms with Crippen LogP contribution in [0.15, 0.2) is 41.3 Å². The van der Waals surface area contributed by atoms with Crippen LogP contribution in [0.5, 0.6) is 0 Å². The molecule has 0 bridgehead atoms. The quantitative estimate of drug-likeness (QED) is 0.851. The lowest BCUT2D eigenvalue weighted by Crippen LogP contribution is -2.16. The Morgan fingerprint density at radius 3 is 2.09 bits per heavy atom. The van der Waals surface area contributed by atoms with Crippen LogP contribution in [0.1, 0.15) is 27.0 Å². The van der Waals surface area contributed by atoms with Gasteiger partial charge in [0.2, 0.25) is 0 Å². The lowest BCUT2D eigenvalue weighted by Gasteiger charge is -2.12. The summed E-state index contributed by atoms with van der Waals surface area (Å²) in [6.07, 6.45) is 0. The first-order valence-electron chi connectivity index (χ1n) is 6.66. The normalized spacial score (nSPS) is 11.3. The van der Waals surface area contributed by atoms with Gasteiger partial charge in [0, 0.05) is 11.3 Å². The Morgan fingerprint density at radius 1 is 1.00 bits per heavy atom. The highest BCUT2D eigenvalue weighted by Crippen LogP contribution is 2.21. The number of carbonyl (C=O) groups is 1. The number of aryl methyl sites for hydroxylation is 3. The molecule has 0 atom stereocenters. The maximum atomic E-state index is 12.4. The lowest BCUT2D eigenvalue weighted by atomic mass is 10.0. The lowest BCUT2D eigenvalue weighted by molar-refractivity contribution is 0.102. The maximum Gasteiger partial charge on any atom is 0.294 e. The molecule has 0 saturated heterocycles. The first kappa shape index (κ1) is 16.2. The largest absolute Gasteiger partial charge is 0.322 e. The van der Waals surface area contributed by atoms with Crippen LogP contribution in [-0.2, 0) is 10.1 Å². The second-order valence-corrected chi connectivity index (χ2v) is 6.59. The molecule has 0 aliphatic carbocycles. The number of amides is 1. The molecular formula is C16H17NO4S. The van der Waals surface area contributed by atoms with Gasteiger partial charge in [-0.2, -0.15) is 8.42 Å². The van der Waals surface area contributed by atoms with Crippen molar-refractivity contribution >= 4 is 21.7 Å². The van der Waals surface area contributed by atoms with Crippen molar-refractivity contribution < 1.29 is 17.8 Å². The minimum Gasteiger partial charge on any atom is -0.322 e. The highest BCUT2D eigenvalue weighted by atomic mass is 32.2. The molecule has 2 rings (SSSR count).